The van der Waals surface area contributed by atoms with Crippen LogP contribution in [-0.4, -0.2) is 27.1 Å². The molecule has 2 aromatic carbocycles. The summed E-state index contributed by atoms with van der Waals surface area (Å²) in [6.45, 7) is 0. The van der Waals surface area contributed by atoms with Gasteiger partial charge in [-0.3, -0.25) is 4.79 Å². The Morgan fingerprint density at radius 2 is 1.54 bits per heavy atom. The number of nitrogens with two attached hydrogens (primary N) is 1. The van der Waals surface area contributed by atoms with Crippen molar-refractivity contribution in [2.75, 3.05) is 27.1 Å². The van der Waals surface area contributed by atoms with E-state index in [4.69, 9.17) is 19.9 Å². The summed E-state index contributed by atoms with van der Waals surface area (Å²) in [6.07, 6.45) is 0. The highest BCUT2D eigenvalue weighted by molar-refractivity contribution is 7.18. The molecule has 26 heavy (non-hydrogen) atoms. The molecule has 0 aliphatic rings. The van der Waals surface area contributed by atoms with E-state index >= 15 is 0 Å². The van der Waals surface area contributed by atoms with E-state index < -0.39 is 0 Å². The Morgan fingerprint density at radius 1 is 0.923 bits per heavy atom. The number of carbonyl (C=O) groups excluding carboxylic acids is 1. The molecule has 3 aromatic rings. The van der Waals surface area contributed by atoms with Gasteiger partial charge in [-0.05, 0) is 23.8 Å². The normalized spacial score (nSPS) is 10.4. The largest absolute Gasteiger partial charge is 0.493 e. The Labute approximate surface area is 155 Å². The molecule has 0 aliphatic heterocycles. The van der Waals surface area contributed by atoms with Crippen LogP contribution in [0.2, 0.25) is 0 Å². The second-order valence-electron chi connectivity index (χ2n) is 5.50. The van der Waals surface area contributed by atoms with Gasteiger partial charge in [-0.15, -0.1) is 11.3 Å². The van der Waals surface area contributed by atoms with E-state index in [1.807, 2.05) is 36.4 Å². The third-order valence-corrected chi connectivity index (χ3v) is 5.15. The van der Waals surface area contributed by atoms with E-state index in [9.17, 15) is 4.79 Å². The van der Waals surface area contributed by atoms with Crippen LogP contribution in [0.3, 0.4) is 0 Å². The van der Waals surface area contributed by atoms with E-state index in [1.54, 1.807) is 12.1 Å². The molecule has 1 aromatic heterocycles. The molecule has 0 saturated heterocycles. The highest BCUT2D eigenvalue weighted by Gasteiger charge is 2.21. The Bertz CT molecular complexity index is 909. The summed E-state index contributed by atoms with van der Waals surface area (Å²) in [5.74, 6) is 1.10. The topological polar surface area (TPSA) is 70.8 Å². The predicted octanol–water partition coefficient (Wildman–Crippen LogP) is 4.25. The number of rotatable bonds is 6. The average Bonchev–Trinajstić information content (AvgIpc) is 3.08. The number of benzene rings is 2. The lowest BCUT2D eigenvalue weighted by atomic mass is 10.1. The van der Waals surface area contributed by atoms with Crippen molar-refractivity contribution >= 4 is 22.8 Å². The summed E-state index contributed by atoms with van der Waals surface area (Å²) < 4.78 is 16.0. The molecule has 3 rings (SSSR count). The quantitative estimate of drug-likeness (QED) is 0.658. The summed E-state index contributed by atoms with van der Waals surface area (Å²) in [4.78, 5) is 14.5. The molecule has 0 unspecified atom stereocenters. The highest BCUT2D eigenvalue weighted by Crippen LogP contribution is 2.40. The SMILES string of the molecule is COc1cc(C(=O)c2sc(-c3ccccc3)cc2N)cc(OC)c1OC. The molecule has 0 saturated carbocycles. The summed E-state index contributed by atoms with van der Waals surface area (Å²) in [7, 11) is 4.54. The maximum Gasteiger partial charge on any atom is 0.205 e. The fourth-order valence-corrected chi connectivity index (χ4v) is 3.72. The third-order valence-electron chi connectivity index (χ3n) is 3.95. The number of thiophene rings is 1. The molecule has 5 nitrogen and oxygen atoms in total. The molecular weight excluding hydrogens is 350 g/mol. The summed E-state index contributed by atoms with van der Waals surface area (Å²) in [5, 5.41) is 0. The lowest BCUT2D eigenvalue weighted by Crippen LogP contribution is -2.04. The second kappa shape index (κ2) is 7.49. The minimum atomic E-state index is -0.186. The molecule has 0 bridgehead atoms. The van der Waals surface area contributed by atoms with Crippen LogP contribution >= 0.6 is 11.3 Å². The first-order valence-electron chi connectivity index (χ1n) is 7.88. The first-order chi connectivity index (χ1) is 12.6. The number of nitrogen functional groups attached to an aromatic ring is 1. The van der Waals surface area contributed by atoms with Crippen LogP contribution in [-0.2, 0) is 0 Å². The van der Waals surface area contributed by atoms with Crippen molar-refractivity contribution < 1.29 is 19.0 Å². The smallest absolute Gasteiger partial charge is 0.205 e. The van der Waals surface area contributed by atoms with Crippen molar-refractivity contribution in [3.05, 3.63) is 59.0 Å². The molecule has 2 N–H and O–H groups in total. The van der Waals surface area contributed by atoms with Crippen molar-refractivity contribution in [1.29, 1.82) is 0 Å². The van der Waals surface area contributed by atoms with Crippen molar-refractivity contribution in [3.63, 3.8) is 0 Å². The zero-order chi connectivity index (χ0) is 18.7. The number of ether oxygens (including phenoxy) is 3. The number of carbonyl (C=O) groups is 1. The number of ketones is 1. The van der Waals surface area contributed by atoms with Gasteiger partial charge in [-0.25, -0.2) is 0 Å². The highest BCUT2D eigenvalue weighted by atomic mass is 32.1. The zero-order valence-electron chi connectivity index (χ0n) is 14.7. The second-order valence-corrected chi connectivity index (χ2v) is 6.56. The van der Waals surface area contributed by atoms with Crippen LogP contribution in [0.25, 0.3) is 10.4 Å². The van der Waals surface area contributed by atoms with Gasteiger partial charge in [0.15, 0.2) is 11.5 Å². The van der Waals surface area contributed by atoms with Gasteiger partial charge in [0.25, 0.3) is 0 Å². The molecule has 0 radical (unpaired) electrons. The Kier molecular flexibility index (Phi) is 5.14. The van der Waals surface area contributed by atoms with Gasteiger partial charge in [0.05, 0.1) is 31.9 Å². The van der Waals surface area contributed by atoms with Crippen LogP contribution in [0.15, 0.2) is 48.5 Å². The summed E-state index contributed by atoms with van der Waals surface area (Å²) >= 11 is 1.36. The standard InChI is InChI=1S/C20H19NO4S/c1-23-15-9-13(10-16(24-2)19(15)25-3)18(22)20-14(21)11-17(26-20)12-7-5-4-6-8-12/h4-11H,21H2,1-3H3. The summed E-state index contributed by atoms with van der Waals surface area (Å²) in [6, 6.07) is 14.9. The zero-order valence-corrected chi connectivity index (χ0v) is 15.6. The fourth-order valence-electron chi connectivity index (χ4n) is 2.67. The van der Waals surface area contributed by atoms with Crippen LogP contribution in [0.5, 0.6) is 17.2 Å². The molecule has 0 aliphatic carbocycles. The van der Waals surface area contributed by atoms with Gasteiger partial charge < -0.3 is 19.9 Å². The number of hydrogen-bond acceptors (Lipinski definition) is 6. The minimum Gasteiger partial charge on any atom is -0.493 e. The lowest BCUT2D eigenvalue weighted by molar-refractivity contribution is 0.104. The molecule has 0 amide bonds. The summed E-state index contributed by atoms with van der Waals surface area (Å²) in [5.41, 5.74) is 8.01. The minimum absolute atomic E-state index is 0.186. The maximum atomic E-state index is 13.0. The van der Waals surface area contributed by atoms with Crippen molar-refractivity contribution in [1.82, 2.24) is 0 Å². The number of hydrogen-bond donors (Lipinski definition) is 1. The molecule has 1 heterocycles. The van der Waals surface area contributed by atoms with Crippen LogP contribution in [0.4, 0.5) is 5.69 Å². The van der Waals surface area contributed by atoms with E-state index in [0.29, 0.717) is 33.4 Å². The van der Waals surface area contributed by atoms with E-state index in [0.717, 1.165) is 10.4 Å². The van der Waals surface area contributed by atoms with E-state index in [2.05, 4.69) is 0 Å². The van der Waals surface area contributed by atoms with Gasteiger partial charge in [0, 0.05) is 10.4 Å². The van der Waals surface area contributed by atoms with Gasteiger partial charge in [0.1, 0.15) is 0 Å². The van der Waals surface area contributed by atoms with E-state index in [-0.39, 0.29) is 5.78 Å². The molecular formula is C20H19NO4S. The monoisotopic (exact) mass is 369 g/mol. The fraction of sp³-hybridized carbons (Fsp3) is 0.150. The Morgan fingerprint density at radius 3 is 2.08 bits per heavy atom. The predicted molar refractivity (Wildman–Crippen MR) is 104 cm³/mol. The first-order valence-corrected chi connectivity index (χ1v) is 8.70. The van der Waals surface area contributed by atoms with Crippen molar-refractivity contribution in [2.45, 2.75) is 0 Å². The van der Waals surface area contributed by atoms with Gasteiger partial charge in [-0.2, -0.15) is 0 Å². The molecule has 0 spiro atoms. The maximum absolute atomic E-state index is 13.0. The number of methoxy groups -OCH3 is 3. The molecule has 134 valence electrons. The Hall–Kier alpha value is -2.99. The van der Waals surface area contributed by atoms with Crippen LogP contribution in [0.1, 0.15) is 15.2 Å². The first kappa shape index (κ1) is 17.8. The third kappa shape index (κ3) is 3.23. The molecule has 6 heteroatoms. The average molecular weight is 369 g/mol. The van der Waals surface area contributed by atoms with Gasteiger partial charge in [-0.1, -0.05) is 30.3 Å². The van der Waals surface area contributed by atoms with Crippen molar-refractivity contribution in [2.24, 2.45) is 0 Å². The van der Waals surface area contributed by atoms with Crippen LogP contribution in [0, 0.1) is 0 Å². The van der Waals surface area contributed by atoms with E-state index in [1.165, 1.54) is 32.7 Å². The van der Waals surface area contributed by atoms with Crippen molar-refractivity contribution in [3.8, 4) is 27.7 Å². The van der Waals surface area contributed by atoms with Gasteiger partial charge >= 0.3 is 0 Å². The molecule has 0 fully saturated rings. The van der Waals surface area contributed by atoms with Crippen LogP contribution < -0.4 is 19.9 Å². The molecule has 0 atom stereocenters. The van der Waals surface area contributed by atoms with Gasteiger partial charge in [0.2, 0.25) is 11.5 Å². The Balaban J connectivity index is 2.04. The lowest BCUT2D eigenvalue weighted by Gasteiger charge is -2.13. The number of anilines is 1.